The van der Waals surface area contributed by atoms with E-state index in [0.29, 0.717) is 11.5 Å². The summed E-state index contributed by atoms with van der Waals surface area (Å²) in [5, 5.41) is 5.63. The van der Waals surface area contributed by atoms with Crippen molar-refractivity contribution in [1.29, 1.82) is 0 Å². The normalized spacial score (nSPS) is 12.2. The van der Waals surface area contributed by atoms with Crippen molar-refractivity contribution in [2.75, 3.05) is 0 Å². The summed E-state index contributed by atoms with van der Waals surface area (Å²) >= 11 is 1.27. The number of nitrogens with zero attached hydrogens (tertiary/aromatic N) is 3. The molecule has 1 rings (SSSR count). The maximum atomic E-state index is 5.27. The lowest BCUT2D eigenvalue weighted by molar-refractivity contribution is 0.818. The predicted octanol–water partition coefficient (Wildman–Crippen LogP) is 0.156. The second-order valence-corrected chi connectivity index (χ2v) is 3.12. The van der Waals surface area contributed by atoms with Crippen molar-refractivity contribution in [2.45, 2.75) is 19.9 Å². The van der Waals surface area contributed by atoms with Gasteiger partial charge in [-0.2, -0.15) is 0 Å². The first-order valence-corrected chi connectivity index (χ1v) is 4.39. The number of amidine groups is 1. The van der Waals surface area contributed by atoms with E-state index in [1.165, 1.54) is 11.5 Å². The van der Waals surface area contributed by atoms with E-state index in [2.05, 4.69) is 20.0 Å². The van der Waals surface area contributed by atoms with E-state index < -0.39 is 0 Å². The summed E-state index contributed by atoms with van der Waals surface area (Å²) in [5.41, 5.74) is 3.18. The van der Waals surface area contributed by atoms with E-state index in [4.69, 9.17) is 5.84 Å². The van der Waals surface area contributed by atoms with Crippen LogP contribution in [0.15, 0.2) is 10.4 Å². The lowest BCUT2D eigenvalue weighted by atomic mass is 10.4. The highest BCUT2D eigenvalue weighted by Crippen LogP contribution is 1.99. The largest absolute Gasteiger partial charge is 0.307 e. The third kappa shape index (κ3) is 2.24. The average molecular weight is 185 g/mol. The number of rotatable bonds is 2. The summed E-state index contributed by atoms with van der Waals surface area (Å²) in [6.07, 6.45) is 0. The minimum Gasteiger partial charge on any atom is -0.307 e. The molecule has 3 N–H and O–H groups in total. The van der Waals surface area contributed by atoms with Crippen LogP contribution in [0.5, 0.6) is 0 Å². The molecule has 0 saturated carbocycles. The second-order valence-electron chi connectivity index (χ2n) is 2.51. The fraction of sp³-hybridized carbons (Fsp3) is 0.500. The van der Waals surface area contributed by atoms with Crippen molar-refractivity contribution in [2.24, 2.45) is 10.8 Å². The van der Waals surface area contributed by atoms with Crippen LogP contribution in [0.3, 0.4) is 0 Å². The predicted molar refractivity (Wildman–Crippen MR) is 48.9 cm³/mol. The molecule has 66 valence electrons. The number of aromatic nitrogens is 2. The van der Waals surface area contributed by atoms with Gasteiger partial charge in [-0.05, 0) is 25.4 Å². The SMILES string of the molecule is CC(C)N=C(NN)c1csnn1. The second kappa shape index (κ2) is 4.13. The molecular formula is C6H11N5S. The maximum absolute atomic E-state index is 5.27. The Morgan fingerprint density at radius 3 is 2.92 bits per heavy atom. The van der Waals surface area contributed by atoms with Crippen molar-refractivity contribution in [3.8, 4) is 0 Å². The van der Waals surface area contributed by atoms with Crippen LogP contribution in [-0.2, 0) is 0 Å². The van der Waals surface area contributed by atoms with E-state index in [0.717, 1.165) is 0 Å². The fourth-order valence-electron chi connectivity index (χ4n) is 0.703. The molecule has 0 aliphatic heterocycles. The van der Waals surface area contributed by atoms with Crippen LogP contribution in [0.4, 0.5) is 0 Å². The van der Waals surface area contributed by atoms with Crippen molar-refractivity contribution < 1.29 is 0 Å². The zero-order chi connectivity index (χ0) is 8.97. The number of hydrogen-bond acceptors (Lipinski definition) is 5. The molecule has 0 amide bonds. The summed E-state index contributed by atoms with van der Waals surface area (Å²) < 4.78 is 3.71. The topological polar surface area (TPSA) is 76.2 Å². The van der Waals surface area contributed by atoms with Gasteiger partial charge in [-0.1, -0.05) is 4.49 Å². The van der Waals surface area contributed by atoms with Crippen LogP contribution >= 0.6 is 11.5 Å². The molecule has 5 nitrogen and oxygen atoms in total. The van der Waals surface area contributed by atoms with Crippen molar-refractivity contribution >= 4 is 17.4 Å². The minimum absolute atomic E-state index is 0.192. The van der Waals surface area contributed by atoms with E-state index in [1.54, 1.807) is 5.38 Å². The monoisotopic (exact) mass is 185 g/mol. The summed E-state index contributed by atoms with van der Waals surface area (Å²) in [6.45, 7) is 3.94. The summed E-state index contributed by atoms with van der Waals surface area (Å²) in [4.78, 5) is 4.22. The number of hydrogen-bond donors (Lipinski definition) is 2. The van der Waals surface area contributed by atoms with Crippen LogP contribution in [0.2, 0.25) is 0 Å². The van der Waals surface area contributed by atoms with Crippen LogP contribution in [0, 0.1) is 0 Å². The average Bonchev–Trinajstić information content (AvgIpc) is 2.51. The third-order valence-corrected chi connectivity index (χ3v) is 1.63. The highest BCUT2D eigenvalue weighted by molar-refractivity contribution is 7.03. The van der Waals surface area contributed by atoms with Gasteiger partial charge >= 0.3 is 0 Å². The van der Waals surface area contributed by atoms with Crippen molar-refractivity contribution in [3.05, 3.63) is 11.1 Å². The van der Waals surface area contributed by atoms with Gasteiger partial charge in [0.15, 0.2) is 5.84 Å². The summed E-state index contributed by atoms with van der Waals surface area (Å²) in [7, 11) is 0. The Kier molecular flexibility index (Phi) is 3.12. The molecule has 0 bridgehead atoms. The number of nitrogens with two attached hydrogens (primary N) is 1. The van der Waals surface area contributed by atoms with Crippen molar-refractivity contribution in [3.63, 3.8) is 0 Å². The smallest absolute Gasteiger partial charge is 0.164 e. The molecule has 12 heavy (non-hydrogen) atoms. The lowest BCUT2D eigenvalue weighted by Crippen LogP contribution is -2.32. The Morgan fingerprint density at radius 2 is 2.50 bits per heavy atom. The van der Waals surface area contributed by atoms with Crippen LogP contribution in [0.25, 0.3) is 0 Å². The summed E-state index contributed by atoms with van der Waals surface area (Å²) in [5.74, 6) is 5.85. The maximum Gasteiger partial charge on any atom is 0.164 e. The van der Waals surface area contributed by atoms with Crippen LogP contribution < -0.4 is 11.3 Å². The highest BCUT2D eigenvalue weighted by Gasteiger charge is 2.04. The zero-order valence-electron chi connectivity index (χ0n) is 6.98. The standard InChI is InChI=1S/C6H11N5S/c1-4(2)8-6(9-7)5-3-12-11-10-5/h3-4H,7H2,1-2H3,(H,8,9). The molecule has 0 radical (unpaired) electrons. The molecule has 0 aliphatic rings. The lowest BCUT2D eigenvalue weighted by Gasteiger charge is -2.02. The Hall–Kier alpha value is -1.01. The molecule has 1 aromatic heterocycles. The van der Waals surface area contributed by atoms with E-state index >= 15 is 0 Å². The first-order chi connectivity index (χ1) is 5.74. The molecule has 0 fully saturated rings. The Labute approximate surface area is 74.8 Å². The Morgan fingerprint density at radius 1 is 1.75 bits per heavy atom. The number of nitrogens with one attached hydrogen (secondary N) is 1. The van der Waals surface area contributed by atoms with E-state index in [9.17, 15) is 0 Å². The molecule has 0 atom stereocenters. The van der Waals surface area contributed by atoms with Gasteiger partial charge in [0.1, 0.15) is 5.69 Å². The van der Waals surface area contributed by atoms with Gasteiger partial charge in [0.2, 0.25) is 0 Å². The van der Waals surface area contributed by atoms with E-state index in [1.807, 2.05) is 13.8 Å². The molecule has 0 saturated heterocycles. The molecule has 0 spiro atoms. The fourth-order valence-corrected chi connectivity index (χ4v) is 1.14. The Bertz CT molecular complexity index is 253. The molecule has 6 heteroatoms. The molecule has 1 heterocycles. The third-order valence-electron chi connectivity index (χ3n) is 1.13. The molecule has 0 unspecified atom stereocenters. The summed E-state index contributed by atoms with van der Waals surface area (Å²) in [6, 6.07) is 0.192. The minimum atomic E-state index is 0.192. The van der Waals surface area contributed by atoms with Gasteiger partial charge in [0.25, 0.3) is 0 Å². The quantitative estimate of drug-likeness (QED) is 0.298. The first-order valence-electron chi connectivity index (χ1n) is 3.56. The molecule has 0 aliphatic carbocycles. The molecular weight excluding hydrogens is 174 g/mol. The van der Waals surface area contributed by atoms with Gasteiger partial charge in [-0.25, -0.2) is 5.84 Å². The van der Waals surface area contributed by atoms with Crippen LogP contribution in [-0.4, -0.2) is 21.5 Å². The van der Waals surface area contributed by atoms with Gasteiger partial charge in [-0.3, -0.25) is 4.99 Å². The van der Waals surface area contributed by atoms with Crippen LogP contribution in [0.1, 0.15) is 19.5 Å². The molecule has 0 aromatic carbocycles. The highest BCUT2D eigenvalue weighted by atomic mass is 32.1. The van der Waals surface area contributed by atoms with Gasteiger partial charge in [0, 0.05) is 11.4 Å². The number of aliphatic imine (C=N–C) groups is 1. The van der Waals surface area contributed by atoms with Gasteiger partial charge < -0.3 is 5.43 Å². The Balaban J connectivity index is 2.83. The van der Waals surface area contributed by atoms with E-state index in [-0.39, 0.29) is 6.04 Å². The van der Waals surface area contributed by atoms with Gasteiger partial charge in [-0.15, -0.1) is 5.10 Å². The van der Waals surface area contributed by atoms with Gasteiger partial charge in [0.05, 0.1) is 0 Å². The first kappa shape index (κ1) is 9.08. The zero-order valence-corrected chi connectivity index (χ0v) is 7.80. The number of hydrazine groups is 1. The van der Waals surface area contributed by atoms with Crippen molar-refractivity contribution in [1.82, 2.24) is 15.0 Å². The molecule has 1 aromatic rings.